The molecule has 6 nitrogen and oxygen atoms in total. The molecule has 0 spiro atoms. The SMILES string of the molecule is Cc1cc(S(=O)(=O)[O-])c(OC(=O)c2ccccc2)c(C)c1C.[NH4+]. The summed E-state index contributed by atoms with van der Waals surface area (Å²) in [7, 11) is -4.75. The van der Waals surface area contributed by atoms with Gasteiger partial charge in [-0.2, -0.15) is 0 Å². The van der Waals surface area contributed by atoms with Gasteiger partial charge in [0.25, 0.3) is 0 Å². The molecule has 4 N–H and O–H groups in total. The van der Waals surface area contributed by atoms with Crippen LogP contribution < -0.4 is 10.9 Å². The van der Waals surface area contributed by atoms with Gasteiger partial charge in [0.15, 0.2) is 5.75 Å². The first kappa shape index (κ1) is 18.8. The Balaban J connectivity index is 0.00000264. The molecule has 0 radical (unpaired) electrons. The molecule has 0 bridgehead atoms. The van der Waals surface area contributed by atoms with Crippen molar-refractivity contribution in [3.05, 3.63) is 58.7 Å². The van der Waals surface area contributed by atoms with Gasteiger partial charge < -0.3 is 15.4 Å². The van der Waals surface area contributed by atoms with Crippen LogP contribution in [0.25, 0.3) is 0 Å². The highest BCUT2D eigenvalue weighted by Gasteiger charge is 2.20. The van der Waals surface area contributed by atoms with Gasteiger partial charge in [0.1, 0.15) is 10.1 Å². The average Bonchev–Trinajstić information content (AvgIpc) is 2.47. The summed E-state index contributed by atoms with van der Waals surface area (Å²) in [5.41, 5.74) is 2.14. The first-order valence-corrected chi connectivity index (χ1v) is 7.96. The van der Waals surface area contributed by atoms with Crippen LogP contribution in [0.15, 0.2) is 41.3 Å². The van der Waals surface area contributed by atoms with Gasteiger partial charge in [0.05, 0.1) is 10.5 Å². The number of benzene rings is 2. The zero-order valence-electron chi connectivity index (χ0n) is 13.4. The Kier molecular flexibility index (Phi) is 5.65. The van der Waals surface area contributed by atoms with Crippen LogP contribution in [0.5, 0.6) is 5.75 Å². The standard InChI is InChI=1S/C16H16O5S.H3N/c1-10-9-14(22(18,19)20)15(12(3)11(10)2)21-16(17)13-7-5-4-6-8-13;/h4-9H,1-3H3,(H,18,19,20);1H3. The molecule has 7 heteroatoms. The summed E-state index contributed by atoms with van der Waals surface area (Å²) >= 11 is 0. The fraction of sp³-hybridized carbons (Fsp3) is 0.188. The van der Waals surface area contributed by atoms with Crippen molar-refractivity contribution in [2.24, 2.45) is 0 Å². The van der Waals surface area contributed by atoms with Gasteiger partial charge in [-0.25, -0.2) is 13.2 Å². The van der Waals surface area contributed by atoms with Gasteiger partial charge in [-0.15, -0.1) is 0 Å². The Bertz CT molecular complexity index is 829. The lowest BCUT2D eigenvalue weighted by atomic mass is 10.0. The number of ether oxygens (including phenoxy) is 1. The molecule has 0 unspecified atom stereocenters. The molecule has 0 heterocycles. The molecule has 0 saturated carbocycles. The number of quaternary nitrogens is 1. The second-order valence-corrected chi connectivity index (χ2v) is 6.33. The van der Waals surface area contributed by atoms with Gasteiger partial charge >= 0.3 is 5.97 Å². The number of rotatable bonds is 3. The Morgan fingerprint density at radius 1 is 1.04 bits per heavy atom. The first-order chi connectivity index (χ1) is 10.2. The van der Waals surface area contributed by atoms with Crippen molar-refractivity contribution in [1.82, 2.24) is 6.15 Å². The summed E-state index contributed by atoms with van der Waals surface area (Å²) in [4.78, 5) is 11.6. The van der Waals surface area contributed by atoms with E-state index in [1.807, 2.05) is 0 Å². The third-order valence-corrected chi connectivity index (χ3v) is 4.38. The normalized spacial score (nSPS) is 10.8. The van der Waals surface area contributed by atoms with Crippen molar-refractivity contribution in [1.29, 1.82) is 0 Å². The van der Waals surface area contributed by atoms with Crippen molar-refractivity contribution in [2.75, 3.05) is 0 Å². The molecular weight excluding hydrogens is 318 g/mol. The van der Waals surface area contributed by atoms with E-state index in [1.165, 1.54) is 6.07 Å². The minimum absolute atomic E-state index is 0. The van der Waals surface area contributed by atoms with Crippen LogP contribution in [0, 0.1) is 20.8 Å². The lowest BCUT2D eigenvalue weighted by Gasteiger charge is -2.18. The lowest BCUT2D eigenvalue weighted by Crippen LogP contribution is -2.13. The predicted octanol–water partition coefficient (Wildman–Crippen LogP) is 3.11. The van der Waals surface area contributed by atoms with Gasteiger partial charge in [0, 0.05) is 0 Å². The maximum Gasteiger partial charge on any atom is 0.343 e. The van der Waals surface area contributed by atoms with E-state index in [1.54, 1.807) is 51.1 Å². The van der Waals surface area contributed by atoms with Crippen molar-refractivity contribution in [3.8, 4) is 5.75 Å². The van der Waals surface area contributed by atoms with Gasteiger partial charge in [-0.3, -0.25) is 0 Å². The number of hydrogen-bond donors (Lipinski definition) is 1. The zero-order chi connectivity index (χ0) is 16.5. The molecule has 0 fully saturated rings. The lowest BCUT2D eigenvalue weighted by molar-refractivity contribution is 0.0728. The molecule has 2 rings (SSSR count). The quantitative estimate of drug-likeness (QED) is 0.524. The molecule has 0 aromatic heterocycles. The highest BCUT2D eigenvalue weighted by atomic mass is 32.2. The van der Waals surface area contributed by atoms with Crippen LogP contribution in [0.2, 0.25) is 0 Å². The van der Waals surface area contributed by atoms with Crippen molar-refractivity contribution in [2.45, 2.75) is 25.7 Å². The molecule has 0 aliphatic heterocycles. The number of carbonyl (C=O) groups excluding carboxylic acids is 1. The zero-order valence-corrected chi connectivity index (χ0v) is 14.2. The van der Waals surface area contributed by atoms with E-state index in [0.29, 0.717) is 11.1 Å². The molecular formula is C16H19NO5S. The maximum absolute atomic E-state index is 12.1. The van der Waals surface area contributed by atoms with E-state index in [9.17, 15) is 17.8 Å². The van der Waals surface area contributed by atoms with Gasteiger partial charge in [0.2, 0.25) is 0 Å². The molecule has 0 amide bonds. The Hall–Kier alpha value is -2.22. The third kappa shape index (κ3) is 3.95. The largest absolute Gasteiger partial charge is 0.744 e. The monoisotopic (exact) mass is 337 g/mol. The van der Waals surface area contributed by atoms with Crippen molar-refractivity contribution in [3.63, 3.8) is 0 Å². The smallest absolute Gasteiger partial charge is 0.343 e. The van der Waals surface area contributed by atoms with E-state index < -0.39 is 21.0 Å². The number of carbonyl (C=O) groups is 1. The highest BCUT2D eigenvalue weighted by molar-refractivity contribution is 7.85. The van der Waals surface area contributed by atoms with E-state index in [0.717, 1.165) is 5.56 Å². The van der Waals surface area contributed by atoms with Crippen LogP contribution in [0.4, 0.5) is 0 Å². The van der Waals surface area contributed by atoms with Crippen molar-refractivity contribution < 1.29 is 22.5 Å². The number of aryl methyl sites for hydroxylation is 1. The van der Waals surface area contributed by atoms with E-state index >= 15 is 0 Å². The Morgan fingerprint density at radius 3 is 2.13 bits per heavy atom. The Labute approximate surface area is 135 Å². The second-order valence-electron chi connectivity index (χ2n) is 4.98. The van der Waals surface area contributed by atoms with E-state index in [-0.39, 0.29) is 17.5 Å². The molecule has 2 aromatic rings. The minimum Gasteiger partial charge on any atom is -0.744 e. The molecule has 23 heavy (non-hydrogen) atoms. The minimum atomic E-state index is -4.75. The summed E-state index contributed by atoms with van der Waals surface area (Å²) in [5, 5.41) is 0. The number of hydrogen-bond acceptors (Lipinski definition) is 5. The van der Waals surface area contributed by atoms with Crippen LogP contribution in [0.1, 0.15) is 27.0 Å². The highest BCUT2D eigenvalue weighted by Crippen LogP contribution is 2.32. The first-order valence-electron chi connectivity index (χ1n) is 6.55. The summed E-state index contributed by atoms with van der Waals surface area (Å²) in [5.74, 6) is -0.913. The molecule has 124 valence electrons. The Morgan fingerprint density at radius 2 is 1.61 bits per heavy atom. The van der Waals surface area contributed by atoms with Crippen LogP contribution in [0.3, 0.4) is 0 Å². The fourth-order valence-electron chi connectivity index (χ4n) is 2.06. The summed E-state index contributed by atoms with van der Waals surface area (Å²) in [6.07, 6.45) is 0. The maximum atomic E-state index is 12.1. The summed E-state index contributed by atoms with van der Waals surface area (Å²) in [6.45, 7) is 5.08. The molecule has 2 aromatic carbocycles. The van der Waals surface area contributed by atoms with E-state index in [2.05, 4.69) is 0 Å². The van der Waals surface area contributed by atoms with Gasteiger partial charge in [-0.1, -0.05) is 18.2 Å². The van der Waals surface area contributed by atoms with Gasteiger partial charge in [-0.05, 0) is 55.7 Å². The molecule has 0 aliphatic carbocycles. The van der Waals surface area contributed by atoms with Crippen LogP contribution in [-0.4, -0.2) is 18.9 Å². The summed E-state index contributed by atoms with van der Waals surface area (Å²) in [6, 6.07) is 9.39. The number of esters is 1. The molecule has 0 aliphatic rings. The average molecular weight is 337 g/mol. The van der Waals surface area contributed by atoms with Crippen molar-refractivity contribution >= 4 is 16.1 Å². The predicted molar refractivity (Wildman–Crippen MR) is 86.0 cm³/mol. The fourth-order valence-corrected chi connectivity index (χ4v) is 2.80. The topological polar surface area (TPSA) is 120 Å². The second kappa shape index (κ2) is 6.91. The van der Waals surface area contributed by atoms with Crippen LogP contribution >= 0.6 is 0 Å². The van der Waals surface area contributed by atoms with Crippen LogP contribution in [-0.2, 0) is 10.1 Å². The molecule has 0 atom stereocenters. The summed E-state index contributed by atoms with van der Waals surface area (Å²) < 4.78 is 39.5. The van der Waals surface area contributed by atoms with E-state index in [4.69, 9.17) is 4.74 Å². The third-order valence-electron chi connectivity index (χ3n) is 3.54. The molecule has 0 saturated heterocycles.